The third-order valence-corrected chi connectivity index (χ3v) is 1.42. The zero-order valence-electron chi connectivity index (χ0n) is 8.25. The fourth-order valence-corrected chi connectivity index (χ4v) is 0.847. The predicted molar refractivity (Wildman–Crippen MR) is 54.7 cm³/mol. The number of carbonyl (C=O) groups is 1. The molecular weight excluding hydrogens is 163 g/mol. The Bertz CT molecular complexity index is 207. The fraction of sp³-hybridized carbons (Fsp3) is 0.500. The highest BCUT2D eigenvalue weighted by Gasteiger charge is 1.88. The summed E-state index contributed by atoms with van der Waals surface area (Å²) >= 11 is 0. The Morgan fingerprint density at radius 1 is 1.54 bits per heavy atom. The van der Waals surface area contributed by atoms with Crippen LogP contribution in [0.2, 0.25) is 6.32 Å². The Morgan fingerprint density at radius 3 is 2.69 bits per heavy atom. The van der Waals surface area contributed by atoms with Gasteiger partial charge in [0.05, 0.1) is 7.85 Å². The molecule has 0 rings (SSSR count). The SMILES string of the molecule is [B]CC(/C=C\COC(C)=O)=C\CC. The van der Waals surface area contributed by atoms with E-state index in [-0.39, 0.29) is 5.97 Å². The van der Waals surface area contributed by atoms with Crippen LogP contribution in [-0.2, 0) is 9.53 Å². The Labute approximate surface area is 81.1 Å². The molecule has 0 aliphatic heterocycles. The lowest BCUT2D eigenvalue weighted by atomic mass is 9.96. The molecule has 0 bridgehead atoms. The second-order valence-corrected chi connectivity index (χ2v) is 2.60. The largest absolute Gasteiger partial charge is 0.462 e. The molecule has 2 nitrogen and oxygen atoms in total. The van der Waals surface area contributed by atoms with Crippen molar-refractivity contribution in [2.45, 2.75) is 26.6 Å². The normalized spacial score (nSPS) is 12.0. The molecule has 0 fully saturated rings. The molecule has 70 valence electrons. The van der Waals surface area contributed by atoms with Gasteiger partial charge in [-0.2, -0.15) is 0 Å². The number of carbonyl (C=O) groups excluding carboxylic acids is 1. The monoisotopic (exact) mass is 178 g/mol. The fourth-order valence-electron chi connectivity index (χ4n) is 0.847. The zero-order chi connectivity index (χ0) is 10.1. The van der Waals surface area contributed by atoms with Crippen molar-refractivity contribution >= 4 is 13.8 Å². The molecule has 0 amide bonds. The molecule has 0 N–H and O–H groups in total. The van der Waals surface area contributed by atoms with E-state index in [0.717, 1.165) is 12.0 Å². The molecule has 13 heavy (non-hydrogen) atoms. The first-order valence-electron chi connectivity index (χ1n) is 4.39. The lowest BCUT2D eigenvalue weighted by Crippen LogP contribution is -1.97. The Kier molecular flexibility index (Phi) is 7.07. The number of ether oxygens (including phenoxy) is 1. The summed E-state index contributed by atoms with van der Waals surface area (Å²) in [6, 6.07) is 0. The maximum absolute atomic E-state index is 10.4. The van der Waals surface area contributed by atoms with Crippen LogP contribution in [0.3, 0.4) is 0 Å². The summed E-state index contributed by atoms with van der Waals surface area (Å²) < 4.78 is 4.72. The standard InChI is InChI=1S/C10H15BO2/c1-3-5-10(8-11)6-4-7-13-9(2)12/h4-6H,3,7-8H2,1-2H3/b6-4-,10-5-. The van der Waals surface area contributed by atoms with Gasteiger partial charge in [-0.3, -0.25) is 4.79 Å². The van der Waals surface area contributed by atoms with E-state index in [2.05, 4.69) is 6.92 Å². The Hall–Kier alpha value is -0.985. The summed E-state index contributed by atoms with van der Waals surface area (Å²) in [6.45, 7) is 3.76. The van der Waals surface area contributed by atoms with E-state index in [4.69, 9.17) is 12.6 Å². The Balaban J connectivity index is 3.80. The minimum atomic E-state index is -0.265. The summed E-state index contributed by atoms with van der Waals surface area (Å²) in [6.07, 6.45) is 7.20. The molecule has 0 atom stereocenters. The van der Waals surface area contributed by atoms with Crippen molar-refractivity contribution in [1.82, 2.24) is 0 Å². The van der Waals surface area contributed by atoms with Crippen molar-refractivity contribution in [1.29, 1.82) is 0 Å². The van der Waals surface area contributed by atoms with Gasteiger partial charge in [-0.15, -0.1) is 0 Å². The van der Waals surface area contributed by atoms with Crippen molar-refractivity contribution in [3.63, 3.8) is 0 Å². The van der Waals surface area contributed by atoms with E-state index in [9.17, 15) is 4.79 Å². The highest BCUT2D eigenvalue weighted by Crippen LogP contribution is 2.02. The average Bonchev–Trinajstić information content (AvgIpc) is 2.10. The van der Waals surface area contributed by atoms with E-state index < -0.39 is 0 Å². The van der Waals surface area contributed by atoms with Crippen molar-refractivity contribution < 1.29 is 9.53 Å². The maximum atomic E-state index is 10.4. The quantitative estimate of drug-likeness (QED) is 0.365. The molecule has 3 heteroatoms. The molecule has 0 spiro atoms. The van der Waals surface area contributed by atoms with Gasteiger partial charge in [-0.05, 0) is 12.5 Å². The topological polar surface area (TPSA) is 26.3 Å². The smallest absolute Gasteiger partial charge is 0.302 e. The van der Waals surface area contributed by atoms with Crippen molar-refractivity contribution in [3.05, 3.63) is 23.8 Å². The van der Waals surface area contributed by atoms with Gasteiger partial charge in [0.1, 0.15) is 6.61 Å². The number of hydrogen-bond donors (Lipinski definition) is 0. The predicted octanol–water partition coefficient (Wildman–Crippen LogP) is 2.03. The van der Waals surface area contributed by atoms with Crippen LogP contribution in [0.5, 0.6) is 0 Å². The molecule has 0 saturated heterocycles. The van der Waals surface area contributed by atoms with Gasteiger partial charge in [-0.1, -0.05) is 31.0 Å². The van der Waals surface area contributed by atoms with Gasteiger partial charge in [0.15, 0.2) is 0 Å². The number of hydrogen-bond acceptors (Lipinski definition) is 2. The molecule has 0 aromatic rings. The van der Waals surface area contributed by atoms with Crippen LogP contribution in [0.4, 0.5) is 0 Å². The van der Waals surface area contributed by atoms with Gasteiger partial charge in [0, 0.05) is 6.92 Å². The number of rotatable bonds is 5. The summed E-state index contributed by atoms with van der Waals surface area (Å²) in [7, 11) is 5.47. The summed E-state index contributed by atoms with van der Waals surface area (Å²) in [4.78, 5) is 10.4. The van der Waals surface area contributed by atoms with Crippen LogP contribution in [0.15, 0.2) is 23.8 Å². The van der Waals surface area contributed by atoms with Crippen molar-refractivity contribution in [2.24, 2.45) is 0 Å². The molecule has 0 aromatic carbocycles. The van der Waals surface area contributed by atoms with E-state index >= 15 is 0 Å². The lowest BCUT2D eigenvalue weighted by molar-refractivity contribution is -0.139. The van der Waals surface area contributed by atoms with Crippen molar-refractivity contribution in [3.8, 4) is 0 Å². The first-order chi connectivity index (χ1) is 6.20. The summed E-state index contributed by atoms with van der Waals surface area (Å²) in [5.41, 5.74) is 1.06. The highest BCUT2D eigenvalue weighted by atomic mass is 16.5. The van der Waals surface area contributed by atoms with E-state index in [0.29, 0.717) is 12.9 Å². The molecular formula is C10H15BO2. The number of esters is 1. The third kappa shape index (κ3) is 7.38. The zero-order valence-corrected chi connectivity index (χ0v) is 8.25. The van der Waals surface area contributed by atoms with Crippen LogP contribution in [0.1, 0.15) is 20.3 Å². The van der Waals surface area contributed by atoms with Crippen molar-refractivity contribution in [2.75, 3.05) is 6.61 Å². The molecule has 0 aliphatic rings. The second kappa shape index (κ2) is 7.65. The van der Waals surface area contributed by atoms with Gasteiger partial charge in [-0.25, -0.2) is 0 Å². The molecule has 2 radical (unpaired) electrons. The van der Waals surface area contributed by atoms with E-state index in [1.807, 2.05) is 12.2 Å². The molecule has 0 aromatic heterocycles. The van der Waals surface area contributed by atoms with Crippen LogP contribution < -0.4 is 0 Å². The third-order valence-electron chi connectivity index (χ3n) is 1.42. The van der Waals surface area contributed by atoms with Crippen LogP contribution in [-0.4, -0.2) is 20.4 Å². The van der Waals surface area contributed by atoms with Gasteiger partial charge in [0.25, 0.3) is 0 Å². The first-order valence-corrected chi connectivity index (χ1v) is 4.39. The second-order valence-electron chi connectivity index (χ2n) is 2.60. The van der Waals surface area contributed by atoms with Crippen LogP contribution >= 0.6 is 0 Å². The minimum absolute atomic E-state index is 0.265. The Morgan fingerprint density at radius 2 is 2.23 bits per heavy atom. The highest BCUT2D eigenvalue weighted by molar-refractivity contribution is 6.10. The van der Waals surface area contributed by atoms with Gasteiger partial charge >= 0.3 is 5.97 Å². The maximum Gasteiger partial charge on any atom is 0.302 e. The lowest BCUT2D eigenvalue weighted by Gasteiger charge is -1.97. The minimum Gasteiger partial charge on any atom is -0.462 e. The first kappa shape index (κ1) is 12.0. The molecule has 0 unspecified atom stereocenters. The average molecular weight is 178 g/mol. The summed E-state index contributed by atoms with van der Waals surface area (Å²) in [5.74, 6) is -0.265. The van der Waals surface area contributed by atoms with E-state index in [1.54, 1.807) is 6.08 Å². The molecule has 0 heterocycles. The van der Waals surface area contributed by atoms with Crippen LogP contribution in [0.25, 0.3) is 0 Å². The molecule has 0 saturated carbocycles. The van der Waals surface area contributed by atoms with Gasteiger partial charge < -0.3 is 4.74 Å². The number of allylic oxidation sites excluding steroid dienone is 3. The van der Waals surface area contributed by atoms with Crippen LogP contribution in [0, 0.1) is 0 Å². The summed E-state index contributed by atoms with van der Waals surface area (Å²) in [5, 5.41) is 0. The van der Waals surface area contributed by atoms with Gasteiger partial charge in [0.2, 0.25) is 0 Å². The molecule has 0 aliphatic carbocycles. The van der Waals surface area contributed by atoms with E-state index in [1.165, 1.54) is 6.92 Å².